The Morgan fingerprint density at radius 1 is 1.24 bits per heavy atom. The van der Waals surface area contributed by atoms with E-state index in [4.69, 9.17) is 27.9 Å². The van der Waals surface area contributed by atoms with Crippen LogP contribution in [0.3, 0.4) is 0 Å². The van der Waals surface area contributed by atoms with E-state index in [2.05, 4.69) is 0 Å². The summed E-state index contributed by atoms with van der Waals surface area (Å²) in [6.45, 7) is 0. The zero-order chi connectivity index (χ0) is 21.1. The van der Waals surface area contributed by atoms with Crippen molar-refractivity contribution in [2.75, 3.05) is 14.1 Å². The Labute approximate surface area is 179 Å². The number of rotatable bonds is 5. The molecule has 10 heteroatoms. The van der Waals surface area contributed by atoms with Crippen LogP contribution in [0.2, 0.25) is 5.02 Å². The van der Waals surface area contributed by atoms with Crippen molar-refractivity contribution in [2.45, 2.75) is 43.1 Å². The summed E-state index contributed by atoms with van der Waals surface area (Å²) in [6.07, 6.45) is 4.86. The predicted octanol–water partition coefficient (Wildman–Crippen LogP) is 3.58. The van der Waals surface area contributed by atoms with Gasteiger partial charge in [-0.15, -0.1) is 11.6 Å². The zero-order valence-electron chi connectivity index (χ0n) is 16.1. The van der Waals surface area contributed by atoms with Crippen molar-refractivity contribution in [1.29, 1.82) is 0 Å². The molecule has 1 aromatic rings. The van der Waals surface area contributed by atoms with E-state index in [0.29, 0.717) is 17.8 Å². The Kier molecular flexibility index (Phi) is 5.29. The van der Waals surface area contributed by atoms with Gasteiger partial charge >= 0.3 is 10.2 Å². The maximum absolute atomic E-state index is 14.6. The largest absolute Gasteiger partial charge is 0.488 e. The minimum atomic E-state index is -4.05. The number of nitrogens with one attached hydrogen (secondary N) is 1. The molecule has 4 unspecified atom stereocenters. The third kappa shape index (κ3) is 3.96. The predicted molar refractivity (Wildman–Crippen MR) is 108 cm³/mol. The lowest BCUT2D eigenvalue weighted by Gasteiger charge is -2.57. The van der Waals surface area contributed by atoms with Crippen LogP contribution in [0.4, 0.5) is 4.39 Å². The number of hydrogen-bond acceptors (Lipinski definition) is 4. The van der Waals surface area contributed by atoms with Gasteiger partial charge in [-0.2, -0.15) is 12.7 Å². The molecule has 0 aliphatic heterocycles. The topological polar surface area (TPSA) is 75.7 Å². The summed E-state index contributed by atoms with van der Waals surface area (Å²) in [5.41, 5.74) is -0.461. The Balaban J connectivity index is 1.53. The summed E-state index contributed by atoms with van der Waals surface area (Å²) in [5.74, 6) is -0.576. The van der Waals surface area contributed by atoms with Gasteiger partial charge in [-0.25, -0.2) is 9.11 Å². The number of benzene rings is 1. The Morgan fingerprint density at radius 3 is 2.41 bits per heavy atom. The fraction of sp³-hybridized carbons (Fsp3) is 0.632. The van der Waals surface area contributed by atoms with Crippen LogP contribution in [0.1, 0.15) is 42.5 Å². The third-order valence-corrected chi connectivity index (χ3v) is 8.51. The molecule has 1 amide bonds. The zero-order valence-corrected chi connectivity index (χ0v) is 18.5. The van der Waals surface area contributed by atoms with Crippen LogP contribution in [-0.2, 0) is 10.2 Å². The quantitative estimate of drug-likeness (QED) is 0.675. The lowest BCUT2D eigenvalue weighted by Crippen LogP contribution is -2.56. The first-order valence-electron chi connectivity index (χ1n) is 9.57. The van der Waals surface area contributed by atoms with E-state index in [0.717, 1.165) is 48.5 Å². The molecule has 4 bridgehead atoms. The van der Waals surface area contributed by atoms with Gasteiger partial charge in [-0.3, -0.25) is 4.79 Å². The van der Waals surface area contributed by atoms with Gasteiger partial charge in [-0.05, 0) is 55.9 Å². The standard InChI is InChI=1S/C19H23Cl2FN2O4S/c1-24(2)29(26,27)23-18(25)13-5-14(20)16(6-15(13)22)28-17-11-3-10-4-12(17)9-19(21,7-10)8-11/h5-6,10-12,17H,3-4,7-9H2,1-2H3,(H,23,25)/t10?,11-,12?,17?,19?/m1/s1. The van der Waals surface area contributed by atoms with Gasteiger partial charge in [0.05, 0.1) is 10.6 Å². The normalized spacial score (nSPS) is 33.2. The van der Waals surface area contributed by atoms with E-state index >= 15 is 0 Å². The fourth-order valence-electron chi connectivity index (χ4n) is 5.27. The minimum Gasteiger partial charge on any atom is -0.488 e. The van der Waals surface area contributed by atoms with E-state index in [1.54, 1.807) is 4.72 Å². The van der Waals surface area contributed by atoms with Crippen molar-refractivity contribution in [2.24, 2.45) is 17.8 Å². The van der Waals surface area contributed by atoms with Crippen molar-refractivity contribution in [3.8, 4) is 5.75 Å². The molecule has 0 radical (unpaired) electrons. The summed E-state index contributed by atoms with van der Waals surface area (Å²) >= 11 is 13.0. The van der Waals surface area contributed by atoms with Gasteiger partial charge in [0.15, 0.2) is 0 Å². The van der Waals surface area contributed by atoms with Gasteiger partial charge in [0, 0.05) is 25.0 Å². The van der Waals surface area contributed by atoms with Crippen LogP contribution in [-0.4, -0.2) is 43.7 Å². The molecule has 0 aromatic heterocycles. The molecule has 0 heterocycles. The van der Waals surface area contributed by atoms with Crippen LogP contribution in [0.5, 0.6) is 5.75 Å². The van der Waals surface area contributed by atoms with Gasteiger partial charge in [-0.1, -0.05) is 11.6 Å². The number of alkyl halides is 1. The minimum absolute atomic E-state index is 0.0631. The number of carbonyl (C=O) groups is 1. The maximum Gasteiger partial charge on any atom is 0.303 e. The van der Waals surface area contributed by atoms with E-state index < -0.39 is 27.5 Å². The van der Waals surface area contributed by atoms with Crippen LogP contribution >= 0.6 is 23.2 Å². The Hall–Kier alpha value is -1.09. The van der Waals surface area contributed by atoms with Crippen LogP contribution < -0.4 is 9.46 Å². The molecule has 160 valence electrons. The average molecular weight is 465 g/mol. The number of hydrogen-bond donors (Lipinski definition) is 1. The van der Waals surface area contributed by atoms with Crippen LogP contribution in [0, 0.1) is 23.6 Å². The first-order valence-corrected chi connectivity index (χ1v) is 11.8. The van der Waals surface area contributed by atoms with Gasteiger partial charge in [0.25, 0.3) is 5.91 Å². The molecule has 5 rings (SSSR count). The van der Waals surface area contributed by atoms with Crippen LogP contribution in [0.15, 0.2) is 12.1 Å². The van der Waals surface area contributed by atoms with Gasteiger partial charge in [0.1, 0.15) is 17.7 Å². The molecule has 5 atom stereocenters. The van der Waals surface area contributed by atoms with E-state index in [1.165, 1.54) is 14.1 Å². The number of amides is 1. The van der Waals surface area contributed by atoms with Crippen molar-refractivity contribution in [1.82, 2.24) is 9.03 Å². The molecule has 4 saturated carbocycles. The summed E-state index contributed by atoms with van der Waals surface area (Å²) < 4.78 is 47.0. The second kappa shape index (κ2) is 7.25. The molecular weight excluding hydrogens is 442 g/mol. The van der Waals surface area contributed by atoms with Gasteiger partial charge in [0.2, 0.25) is 0 Å². The summed E-state index contributed by atoms with van der Waals surface area (Å²) in [4.78, 5) is 12.1. The number of carbonyl (C=O) groups excluding carboxylic acids is 1. The van der Waals surface area contributed by atoms with Crippen molar-refractivity contribution < 1.29 is 22.3 Å². The molecule has 1 N–H and O–H groups in total. The second-order valence-corrected chi connectivity index (χ2v) is 11.8. The summed E-state index contributed by atoms with van der Waals surface area (Å²) in [6, 6.07) is 2.16. The molecule has 4 fully saturated rings. The summed E-state index contributed by atoms with van der Waals surface area (Å²) in [5, 5.41) is 0.0631. The summed E-state index contributed by atoms with van der Waals surface area (Å²) in [7, 11) is -1.53. The van der Waals surface area contributed by atoms with Crippen molar-refractivity contribution in [3.63, 3.8) is 0 Å². The molecule has 0 spiro atoms. The lowest BCUT2D eigenvalue weighted by atomic mass is 9.54. The lowest BCUT2D eigenvalue weighted by molar-refractivity contribution is -0.0697. The molecule has 4 aliphatic rings. The smallest absolute Gasteiger partial charge is 0.303 e. The molecular formula is C19H23Cl2FN2O4S. The molecule has 4 aliphatic carbocycles. The maximum atomic E-state index is 14.6. The fourth-order valence-corrected chi connectivity index (χ4v) is 6.62. The van der Waals surface area contributed by atoms with Crippen molar-refractivity contribution >= 4 is 39.3 Å². The van der Waals surface area contributed by atoms with Gasteiger partial charge < -0.3 is 4.74 Å². The highest BCUT2D eigenvalue weighted by molar-refractivity contribution is 7.87. The Bertz CT molecular complexity index is 940. The number of nitrogens with zero attached hydrogens (tertiary/aromatic N) is 1. The van der Waals surface area contributed by atoms with E-state index in [9.17, 15) is 17.6 Å². The molecule has 6 nitrogen and oxygen atoms in total. The molecule has 1 aromatic carbocycles. The highest BCUT2D eigenvalue weighted by Crippen LogP contribution is 2.59. The highest BCUT2D eigenvalue weighted by atomic mass is 35.5. The van der Waals surface area contributed by atoms with E-state index in [1.807, 2.05) is 0 Å². The number of halogens is 3. The van der Waals surface area contributed by atoms with E-state index in [-0.39, 0.29) is 21.8 Å². The van der Waals surface area contributed by atoms with Crippen molar-refractivity contribution in [3.05, 3.63) is 28.5 Å². The average Bonchev–Trinajstić information content (AvgIpc) is 2.58. The van der Waals surface area contributed by atoms with Crippen LogP contribution in [0.25, 0.3) is 0 Å². The third-order valence-electron chi connectivity index (χ3n) is 6.34. The number of ether oxygens (including phenoxy) is 1. The molecule has 29 heavy (non-hydrogen) atoms. The first kappa shape index (κ1) is 21.2. The highest BCUT2D eigenvalue weighted by Gasteiger charge is 2.55. The monoisotopic (exact) mass is 464 g/mol. The second-order valence-electron chi connectivity index (χ2n) is 8.68. The SMILES string of the molecule is CN(C)S(=O)(=O)NC(=O)c1cc(Cl)c(OC2C3CC4C[C@@H]2CC(Cl)(C4)C3)cc1F. The Morgan fingerprint density at radius 2 is 1.86 bits per heavy atom. The molecule has 0 saturated heterocycles. The first-order chi connectivity index (χ1) is 13.5.